The molecule has 4 nitrogen and oxygen atoms in total. The van der Waals surface area contributed by atoms with Crippen LogP contribution in [0.15, 0.2) is 71.6 Å². The van der Waals surface area contributed by atoms with Gasteiger partial charge in [0.1, 0.15) is 0 Å². The first-order valence-electron chi connectivity index (χ1n) is 8.76. The summed E-state index contributed by atoms with van der Waals surface area (Å²) in [6, 6.07) is 17.5. The van der Waals surface area contributed by atoms with Crippen LogP contribution in [0.25, 0.3) is 22.0 Å². The van der Waals surface area contributed by atoms with Gasteiger partial charge in [0.15, 0.2) is 0 Å². The predicted octanol–water partition coefficient (Wildman–Crippen LogP) is 4.37. The highest BCUT2D eigenvalue weighted by Crippen LogP contribution is 2.26. The van der Waals surface area contributed by atoms with E-state index in [1.165, 1.54) is 0 Å². The van der Waals surface area contributed by atoms with Crippen LogP contribution in [0.3, 0.4) is 0 Å². The molecule has 0 saturated heterocycles. The Hall–Kier alpha value is -2.89. The fourth-order valence-electron chi connectivity index (χ4n) is 3.28. The average molecular weight is 376 g/mol. The molecule has 136 valence electrons. The Bertz CT molecular complexity index is 1070. The Morgan fingerprint density at radius 2 is 1.89 bits per heavy atom. The highest BCUT2D eigenvalue weighted by molar-refractivity contribution is 7.08. The van der Waals surface area contributed by atoms with Crippen molar-refractivity contribution in [3.63, 3.8) is 0 Å². The number of fused-ring (bicyclic) bond motifs is 1. The number of aromatic nitrogens is 1. The minimum atomic E-state index is -0.759. The number of carbonyl (C=O) groups excluding carboxylic acids is 1. The number of hydrogen-bond acceptors (Lipinski definition) is 3. The van der Waals surface area contributed by atoms with E-state index in [4.69, 9.17) is 0 Å². The van der Waals surface area contributed by atoms with Gasteiger partial charge in [-0.1, -0.05) is 30.3 Å². The van der Waals surface area contributed by atoms with Crippen LogP contribution >= 0.6 is 11.3 Å². The molecule has 2 heterocycles. The van der Waals surface area contributed by atoms with Crippen molar-refractivity contribution in [3.8, 4) is 11.1 Å². The zero-order valence-corrected chi connectivity index (χ0v) is 15.7. The van der Waals surface area contributed by atoms with E-state index in [-0.39, 0.29) is 12.5 Å². The molecule has 1 atom stereocenters. The summed E-state index contributed by atoms with van der Waals surface area (Å²) in [4.78, 5) is 12.4. The monoisotopic (exact) mass is 376 g/mol. The topological polar surface area (TPSA) is 54.3 Å². The number of nitrogens with one attached hydrogen (secondary N) is 1. The smallest absolute Gasteiger partial charge is 0.251 e. The zero-order valence-electron chi connectivity index (χ0n) is 14.9. The van der Waals surface area contributed by atoms with Crippen LogP contribution in [-0.2, 0) is 7.05 Å². The third-order valence-corrected chi connectivity index (χ3v) is 5.43. The van der Waals surface area contributed by atoms with Gasteiger partial charge >= 0.3 is 0 Å². The summed E-state index contributed by atoms with van der Waals surface area (Å²) in [5.74, 6) is -0.189. The summed E-state index contributed by atoms with van der Waals surface area (Å²) in [5, 5.41) is 18.5. The predicted molar refractivity (Wildman–Crippen MR) is 110 cm³/mol. The standard InChI is InChI=1S/C22H20N2O2S/c1-24-13-19(18-4-2-3-5-20(18)24)21(25)12-23-22(26)16-8-6-15(7-9-16)17-10-11-27-14-17/h2-11,13-14,21,25H,12H2,1H3,(H,23,26)/t21-/m1/s1. The van der Waals surface area contributed by atoms with E-state index in [0.29, 0.717) is 5.56 Å². The fourth-order valence-corrected chi connectivity index (χ4v) is 3.95. The summed E-state index contributed by atoms with van der Waals surface area (Å²) in [7, 11) is 1.95. The number of thiophene rings is 1. The Morgan fingerprint density at radius 1 is 1.11 bits per heavy atom. The van der Waals surface area contributed by atoms with Crippen molar-refractivity contribution in [1.82, 2.24) is 9.88 Å². The van der Waals surface area contributed by atoms with E-state index in [0.717, 1.165) is 27.6 Å². The number of aliphatic hydroxyl groups is 1. The lowest BCUT2D eigenvalue weighted by atomic mass is 10.1. The van der Waals surface area contributed by atoms with Crippen molar-refractivity contribution in [2.24, 2.45) is 7.05 Å². The van der Waals surface area contributed by atoms with Crippen molar-refractivity contribution < 1.29 is 9.90 Å². The molecule has 0 aliphatic carbocycles. The number of aliphatic hydroxyl groups excluding tert-OH is 1. The summed E-state index contributed by atoms with van der Waals surface area (Å²) in [5.41, 5.74) is 4.70. The van der Waals surface area contributed by atoms with Gasteiger partial charge in [0, 0.05) is 41.8 Å². The van der Waals surface area contributed by atoms with Crippen molar-refractivity contribution in [3.05, 3.63) is 82.7 Å². The quantitative estimate of drug-likeness (QED) is 0.543. The minimum Gasteiger partial charge on any atom is -0.386 e. The molecular weight excluding hydrogens is 356 g/mol. The molecule has 0 spiro atoms. The van der Waals surface area contributed by atoms with E-state index < -0.39 is 6.10 Å². The third-order valence-electron chi connectivity index (χ3n) is 4.74. The molecule has 27 heavy (non-hydrogen) atoms. The highest BCUT2D eigenvalue weighted by atomic mass is 32.1. The van der Waals surface area contributed by atoms with E-state index in [2.05, 4.69) is 16.8 Å². The lowest BCUT2D eigenvalue weighted by molar-refractivity contribution is 0.0917. The number of nitrogens with zero attached hydrogens (tertiary/aromatic N) is 1. The number of amides is 1. The molecule has 5 heteroatoms. The molecule has 1 amide bonds. The first-order chi connectivity index (χ1) is 13.1. The normalized spacial score (nSPS) is 12.2. The van der Waals surface area contributed by atoms with E-state index >= 15 is 0 Å². The van der Waals surface area contributed by atoms with E-state index in [1.807, 2.05) is 71.7 Å². The van der Waals surface area contributed by atoms with E-state index in [1.54, 1.807) is 11.3 Å². The highest BCUT2D eigenvalue weighted by Gasteiger charge is 2.16. The van der Waals surface area contributed by atoms with Crippen LogP contribution in [0.2, 0.25) is 0 Å². The second-order valence-corrected chi connectivity index (χ2v) is 7.31. The van der Waals surface area contributed by atoms with Crippen molar-refractivity contribution >= 4 is 28.1 Å². The second-order valence-electron chi connectivity index (χ2n) is 6.53. The van der Waals surface area contributed by atoms with Gasteiger partial charge in [-0.2, -0.15) is 11.3 Å². The Labute approximate surface area is 161 Å². The lowest BCUT2D eigenvalue weighted by Crippen LogP contribution is -2.28. The van der Waals surface area contributed by atoms with Crippen LogP contribution in [0.1, 0.15) is 22.0 Å². The number of carbonyl (C=O) groups is 1. The van der Waals surface area contributed by atoms with Gasteiger partial charge in [0.2, 0.25) is 0 Å². The van der Waals surface area contributed by atoms with Gasteiger partial charge in [-0.05, 0) is 46.2 Å². The SMILES string of the molecule is Cn1cc([C@H](O)CNC(=O)c2ccc(-c3ccsc3)cc2)c2ccccc21. The third kappa shape index (κ3) is 3.52. The van der Waals surface area contributed by atoms with Gasteiger partial charge in [-0.15, -0.1) is 0 Å². The largest absolute Gasteiger partial charge is 0.386 e. The molecule has 2 aromatic heterocycles. The van der Waals surface area contributed by atoms with E-state index in [9.17, 15) is 9.90 Å². The Morgan fingerprint density at radius 3 is 2.63 bits per heavy atom. The van der Waals surface area contributed by atoms with Crippen LogP contribution in [0.4, 0.5) is 0 Å². The maximum Gasteiger partial charge on any atom is 0.251 e. The van der Waals surface area contributed by atoms with Crippen LogP contribution < -0.4 is 5.32 Å². The molecular formula is C22H20N2O2S. The number of para-hydroxylation sites is 1. The molecule has 0 aliphatic heterocycles. The molecule has 0 aliphatic rings. The van der Waals surface area contributed by atoms with Crippen LogP contribution in [0, 0.1) is 0 Å². The van der Waals surface area contributed by atoms with Gasteiger partial charge in [0.25, 0.3) is 5.91 Å². The van der Waals surface area contributed by atoms with Gasteiger partial charge < -0.3 is 15.0 Å². The average Bonchev–Trinajstić information content (AvgIpc) is 3.35. The maximum atomic E-state index is 12.4. The summed E-state index contributed by atoms with van der Waals surface area (Å²) in [6.45, 7) is 0.166. The number of hydrogen-bond donors (Lipinski definition) is 2. The lowest BCUT2D eigenvalue weighted by Gasteiger charge is -2.12. The molecule has 0 unspecified atom stereocenters. The molecule has 4 rings (SSSR count). The van der Waals surface area contributed by atoms with Crippen molar-refractivity contribution in [2.75, 3.05) is 6.54 Å². The minimum absolute atomic E-state index is 0.166. The second kappa shape index (κ2) is 7.39. The van der Waals surface area contributed by atoms with Gasteiger partial charge in [-0.25, -0.2) is 0 Å². The van der Waals surface area contributed by atoms with Crippen molar-refractivity contribution in [2.45, 2.75) is 6.10 Å². The fraction of sp³-hybridized carbons (Fsp3) is 0.136. The Balaban J connectivity index is 1.44. The number of aryl methyl sites for hydroxylation is 1. The van der Waals surface area contributed by atoms with Crippen LogP contribution in [0.5, 0.6) is 0 Å². The molecule has 4 aromatic rings. The van der Waals surface area contributed by atoms with Gasteiger partial charge in [-0.3, -0.25) is 4.79 Å². The number of benzene rings is 2. The summed E-state index contributed by atoms with van der Waals surface area (Å²) >= 11 is 1.65. The zero-order chi connectivity index (χ0) is 18.8. The molecule has 0 fully saturated rings. The van der Waals surface area contributed by atoms with Crippen LogP contribution in [-0.4, -0.2) is 22.1 Å². The first kappa shape index (κ1) is 17.5. The molecule has 0 bridgehead atoms. The Kier molecular flexibility index (Phi) is 4.79. The maximum absolute atomic E-state index is 12.4. The molecule has 2 N–H and O–H groups in total. The molecule has 2 aromatic carbocycles. The first-order valence-corrected chi connectivity index (χ1v) is 9.70. The summed E-state index contributed by atoms with van der Waals surface area (Å²) in [6.07, 6.45) is 1.15. The number of rotatable bonds is 5. The molecule has 0 saturated carbocycles. The summed E-state index contributed by atoms with van der Waals surface area (Å²) < 4.78 is 1.98. The molecule has 0 radical (unpaired) electrons. The van der Waals surface area contributed by atoms with Crippen molar-refractivity contribution in [1.29, 1.82) is 0 Å². The van der Waals surface area contributed by atoms with Gasteiger partial charge in [0.05, 0.1) is 6.10 Å².